The molecule has 18 heavy (non-hydrogen) atoms. The molecule has 0 atom stereocenters. The highest BCUT2D eigenvalue weighted by molar-refractivity contribution is 7.98. The molecule has 0 spiro atoms. The lowest BCUT2D eigenvalue weighted by Gasteiger charge is -2.05. The lowest BCUT2D eigenvalue weighted by molar-refractivity contribution is 0.0591. The number of furan rings is 1. The summed E-state index contributed by atoms with van der Waals surface area (Å²) in [5.74, 6) is -0.0000798. The third-order valence-electron chi connectivity index (χ3n) is 2.29. The number of thioether (sulfide) groups is 1. The molecule has 0 amide bonds. The fraction of sp³-hybridized carbons (Fsp3) is 0.167. The maximum atomic E-state index is 11.8. The lowest BCUT2D eigenvalue weighted by atomic mass is 10.2. The first-order valence-corrected chi connectivity index (χ1v) is 6.24. The fourth-order valence-corrected chi connectivity index (χ4v) is 2.06. The van der Waals surface area contributed by atoms with Gasteiger partial charge in [-0.1, -0.05) is 0 Å². The zero-order chi connectivity index (χ0) is 13.1. The zero-order valence-electron chi connectivity index (χ0n) is 9.76. The smallest absolute Gasteiger partial charge is 0.352 e. The molecule has 0 fully saturated rings. The van der Waals surface area contributed by atoms with Crippen molar-refractivity contribution in [2.45, 2.75) is 4.90 Å². The quantitative estimate of drug-likeness (QED) is 0.627. The van der Waals surface area contributed by atoms with Crippen molar-refractivity contribution in [2.24, 2.45) is 0 Å². The largest absolute Gasteiger partial charge is 0.465 e. The van der Waals surface area contributed by atoms with Crippen molar-refractivity contribution in [1.82, 2.24) is 0 Å². The normalized spacial score (nSPS) is 10.3. The van der Waals surface area contributed by atoms with E-state index in [0.717, 1.165) is 0 Å². The van der Waals surface area contributed by atoms with Gasteiger partial charge in [-0.3, -0.25) is 0 Å². The molecule has 0 saturated heterocycles. The van der Waals surface area contributed by atoms with Gasteiger partial charge in [0.1, 0.15) is 0 Å². The summed E-state index contributed by atoms with van der Waals surface area (Å²) in [6, 6.07) is 4.93. The Bertz CT molecular complexity index is 612. The summed E-state index contributed by atoms with van der Waals surface area (Å²) in [6.45, 7) is 0. The Kier molecular flexibility index (Phi) is 3.57. The first-order chi connectivity index (χ1) is 8.67. The zero-order valence-corrected chi connectivity index (χ0v) is 10.6. The number of carbonyl (C=O) groups excluding carboxylic acids is 1. The Hall–Kier alpha value is -1.95. The standard InChI is InChI=1S/C12H10O5S/c1-15-11(13)10-9(18-2)6-8(17-12(10)14)7-4-3-5-16-7/h3-6H,1-2H3. The van der Waals surface area contributed by atoms with Crippen molar-refractivity contribution >= 4 is 17.7 Å². The van der Waals surface area contributed by atoms with Crippen LogP contribution in [0, 0.1) is 0 Å². The van der Waals surface area contributed by atoms with E-state index in [2.05, 4.69) is 4.74 Å². The Morgan fingerprint density at radius 3 is 2.72 bits per heavy atom. The highest BCUT2D eigenvalue weighted by Gasteiger charge is 2.20. The van der Waals surface area contributed by atoms with Crippen LogP contribution in [-0.2, 0) is 4.74 Å². The highest BCUT2D eigenvalue weighted by atomic mass is 32.2. The summed E-state index contributed by atoms with van der Waals surface area (Å²) >= 11 is 1.26. The average Bonchev–Trinajstić information content (AvgIpc) is 2.90. The van der Waals surface area contributed by atoms with Crippen molar-refractivity contribution in [3.05, 3.63) is 40.4 Å². The lowest BCUT2D eigenvalue weighted by Crippen LogP contribution is -2.17. The van der Waals surface area contributed by atoms with Crippen molar-refractivity contribution in [3.8, 4) is 11.5 Å². The van der Waals surface area contributed by atoms with E-state index in [1.165, 1.54) is 25.1 Å². The number of methoxy groups -OCH3 is 1. The molecule has 2 aromatic rings. The van der Waals surface area contributed by atoms with Gasteiger partial charge in [0.05, 0.1) is 13.4 Å². The second-order valence-corrected chi connectivity index (χ2v) is 4.16. The Morgan fingerprint density at radius 2 is 2.17 bits per heavy atom. The molecule has 2 heterocycles. The van der Waals surface area contributed by atoms with Gasteiger partial charge >= 0.3 is 11.6 Å². The van der Waals surface area contributed by atoms with E-state index in [9.17, 15) is 9.59 Å². The minimum absolute atomic E-state index is 0.0969. The summed E-state index contributed by atoms with van der Waals surface area (Å²) in [5, 5.41) is 0. The van der Waals surface area contributed by atoms with E-state index in [0.29, 0.717) is 10.7 Å². The van der Waals surface area contributed by atoms with Crippen molar-refractivity contribution in [2.75, 3.05) is 13.4 Å². The molecule has 0 aliphatic heterocycles. The summed E-state index contributed by atoms with van der Waals surface area (Å²) in [4.78, 5) is 23.8. The van der Waals surface area contributed by atoms with Gasteiger partial charge in [0.2, 0.25) is 0 Å². The van der Waals surface area contributed by atoms with Crippen LogP contribution >= 0.6 is 11.8 Å². The number of rotatable bonds is 3. The van der Waals surface area contributed by atoms with Gasteiger partial charge in [-0.15, -0.1) is 11.8 Å². The number of hydrogen-bond donors (Lipinski definition) is 0. The van der Waals surface area contributed by atoms with E-state index in [4.69, 9.17) is 8.83 Å². The Balaban J connectivity index is 2.60. The van der Waals surface area contributed by atoms with Gasteiger partial charge in [0.15, 0.2) is 17.1 Å². The molecule has 0 saturated carbocycles. The second kappa shape index (κ2) is 5.14. The maximum absolute atomic E-state index is 11.8. The topological polar surface area (TPSA) is 69.7 Å². The van der Waals surface area contributed by atoms with Gasteiger partial charge in [0.25, 0.3) is 0 Å². The van der Waals surface area contributed by atoms with Gasteiger partial charge < -0.3 is 13.6 Å². The minimum atomic E-state index is -0.736. The Labute approximate surface area is 107 Å². The predicted molar refractivity (Wildman–Crippen MR) is 65.8 cm³/mol. The van der Waals surface area contributed by atoms with Crippen LogP contribution in [0.5, 0.6) is 0 Å². The average molecular weight is 266 g/mol. The van der Waals surface area contributed by atoms with Crippen LogP contribution in [0.2, 0.25) is 0 Å². The molecule has 94 valence electrons. The molecule has 5 nitrogen and oxygen atoms in total. The summed E-state index contributed by atoms with van der Waals surface area (Å²) in [7, 11) is 1.21. The van der Waals surface area contributed by atoms with Gasteiger partial charge in [-0.05, 0) is 24.5 Å². The number of carbonyl (C=O) groups is 1. The number of ether oxygens (including phenoxy) is 1. The molecule has 0 N–H and O–H groups in total. The van der Waals surface area contributed by atoms with E-state index in [-0.39, 0.29) is 11.3 Å². The highest BCUT2D eigenvalue weighted by Crippen LogP contribution is 2.26. The van der Waals surface area contributed by atoms with E-state index in [1.807, 2.05) is 0 Å². The van der Waals surface area contributed by atoms with E-state index >= 15 is 0 Å². The molecular weight excluding hydrogens is 256 g/mol. The third kappa shape index (κ3) is 2.19. The molecule has 6 heteroatoms. The number of hydrogen-bond acceptors (Lipinski definition) is 6. The predicted octanol–water partition coefficient (Wildman–Crippen LogP) is 2.41. The molecule has 0 aliphatic rings. The third-order valence-corrected chi connectivity index (χ3v) is 3.05. The van der Waals surface area contributed by atoms with E-state index < -0.39 is 11.6 Å². The van der Waals surface area contributed by atoms with Crippen LogP contribution in [-0.4, -0.2) is 19.3 Å². The summed E-state index contributed by atoms with van der Waals surface area (Å²) in [5.41, 5.74) is -0.833. The monoisotopic (exact) mass is 266 g/mol. The van der Waals surface area contributed by atoms with Crippen LogP contribution in [0.25, 0.3) is 11.5 Å². The van der Waals surface area contributed by atoms with Crippen molar-refractivity contribution < 1.29 is 18.4 Å². The molecule has 0 unspecified atom stereocenters. The molecule has 0 bridgehead atoms. The van der Waals surface area contributed by atoms with E-state index in [1.54, 1.807) is 24.5 Å². The van der Waals surface area contributed by atoms with Crippen molar-refractivity contribution in [3.63, 3.8) is 0 Å². The first kappa shape index (κ1) is 12.5. The van der Waals surface area contributed by atoms with Crippen LogP contribution in [0.4, 0.5) is 0 Å². The molecule has 0 aromatic carbocycles. The fourth-order valence-electron chi connectivity index (χ4n) is 1.46. The Morgan fingerprint density at radius 1 is 1.39 bits per heavy atom. The van der Waals surface area contributed by atoms with Gasteiger partial charge in [0, 0.05) is 4.90 Å². The molecule has 2 aromatic heterocycles. The number of esters is 1. The first-order valence-electron chi connectivity index (χ1n) is 5.01. The van der Waals surface area contributed by atoms with Crippen molar-refractivity contribution in [1.29, 1.82) is 0 Å². The van der Waals surface area contributed by atoms with Crippen LogP contribution in [0.15, 0.2) is 43.0 Å². The second-order valence-electron chi connectivity index (χ2n) is 3.31. The van der Waals surface area contributed by atoms with Crippen LogP contribution < -0.4 is 5.63 Å². The SMILES string of the molecule is COC(=O)c1c(SC)cc(-c2ccco2)oc1=O. The summed E-state index contributed by atoms with van der Waals surface area (Å²) < 4.78 is 14.8. The van der Waals surface area contributed by atoms with Crippen LogP contribution in [0.1, 0.15) is 10.4 Å². The molecular formula is C12H10O5S. The molecule has 0 radical (unpaired) electrons. The van der Waals surface area contributed by atoms with Crippen LogP contribution in [0.3, 0.4) is 0 Å². The molecule has 2 rings (SSSR count). The molecule has 0 aliphatic carbocycles. The maximum Gasteiger partial charge on any atom is 0.352 e. The minimum Gasteiger partial charge on any atom is -0.465 e. The summed E-state index contributed by atoms with van der Waals surface area (Å²) in [6.07, 6.45) is 3.23. The van der Waals surface area contributed by atoms with Gasteiger partial charge in [-0.25, -0.2) is 9.59 Å². The van der Waals surface area contributed by atoms with Gasteiger partial charge in [-0.2, -0.15) is 0 Å².